The van der Waals surface area contributed by atoms with Crippen LogP contribution in [0.1, 0.15) is 0 Å². The highest BCUT2D eigenvalue weighted by Gasteiger charge is 1.72. The molecule has 0 aliphatic heterocycles. The Kier molecular flexibility index (Phi) is 5.46. The molecule has 5 N–H and O–H groups in total. The summed E-state index contributed by atoms with van der Waals surface area (Å²) in [5, 5.41) is 0. The van der Waals surface area contributed by atoms with Crippen molar-refractivity contribution >= 4 is 18.5 Å². The van der Waals surface area contributed by atoms with Crippen LogP contribution in [0.5, 0.6) is 0 Å². The van der Waals surface area contributed by atoms with Crippen molar-refractivity contribution in [2.75, 3.05) is 0 Å². The Hall–Kier alpha value is -0.300. The average Bonchev–Trinajstić information content (AvgIpc) is 1.69. The zero-order valence-electron chi connectivity index (χ0n) is 3.47. The monoisotopic (exact) mass is 122 g/mol. The molecule has 0 aromatic rings. The fourth-order valence-electron chi connectivity index (χ4n) is 0.0830. The Balaban J connectivity index is 2.56. The number of nitrogens with two attached hydrogens (primary N) is 1. The van der Waals surface area contributed by atoms with E-state index in [2.05, 4.69) is 15.1 Å². The predicted molar refractivity (Wildman–Crippen MR) is 27.2 cm³/mol. The standard InChI is InChI=1S/CH6N4OS/c2-4-7-5-3-1-6/h1,4-5H,2H2,(H,3,6). The van der Waals surface area contributed by atoms with Gasteiger partial charge in [0.15, 0.2) is 0 Å². The maximum atomic E-state index is 9.42. The first-order chi connectivity index (χ1) is 3.41. The summed E-state index contributed by atoms with van der Waals surface area (Å²) in [6.45, 7) is 0. The third-order valence-electron chi connectivity index (χ3n) is 0.228. The zero-order valence-corrected chi connectivity index (χ0v) is 4.29. The largest absolute Gasteiger partial charge is 0.283 e. The van der Waals surface area contributed by atoms with Gasteiger partial charge < -0.3 is 0 Å². The highest BCUT2D eigenvalue weighted by Crippen LogP contribution is 1.69. The molecular weight excluding hydrogens is 116 g/mol. The lowest BCUT2D eigenvalue weighted by Crippen LogP contribution is -2.29. The molecule has 0 fully saturated rings. The molecule has 5 nitrogen and oxygen atoms in total. The fourth-order valence-corrected chi connectivity index (χ4v) is 0.249. The zero-order chi connectivity index (χ0) is 5.54. The molecule has 0 bridgehead atoms. The second-order valence-electron chi connectivity index (χ2n) is 0.584. The van der Waals surface area contributed by atoms with Crippen LogP contribution in [0.15, 0.2) is 0 Å². The molecule has 0 aliphatic carbocycles. The molecule has 0 atom stereocenters. The van der Waals surface area contributed by atoms with Gasteiger partial charge in [-0.15, -0.1) is 0 Å². The molecule has 42 valence electrons. The first-order valence-corrected chi connectivity index (χ1v) is 2.29. The Morgan fingerprint density at radius 1 is 1.71 bits per heavy atom. The van der Waals surface area contributed by atoms with Gasteiger partial charge in [-0.05, 0) is 0 Å². The smallest absolute Gasteiger partial charge is 0.222 e. The van der Waals surface area contributed by atoms with Gasteiger partial charge >= 0.3 is 0 Å². The summed E-state index contributed by atoms with van der Waals surface area (Å²) in [6.07, 6.45) is 0.504. The van der Waals surface area contributed by atoms with E-state index in [4.69, 9.17) is 5.84 Å². The first-order valence-electron chi connectivity index (χ1n) is 1.47. The molecule has 0 radical (unpaired) electrons. The summed E-state index contributed by atoms with van der Waals surface area (Å²) in [7, 11) is 0. The van der Waals surface area contributed by atoms with Crippen LogP contribution in [-0.2, 0) is 4.79 Å². The molecule has 0 saturated carbocycles. The maximum Gasteiger partial charge on any atom is 0.222 e. The van der Waals surface area contributed by atoms with E-state index < -0.39 is 0 Å². The van der Waals surface area contributed by atoms with Crippen LogP contribution in [0.4, 0.5) is 0 Å². The Bertz CT molecular complexity index is 49.0. The number of carbonyl (C=O) groups is 1. The minimum Gasteiger partial charge on any atom is -0.283 e. The molecule has 0 rings (SSSR count). The maximum absolute atomic E-state index is 9.42. The van der Waals surface area contributed by atoms with E-state index in [-0.39, 0.29) is 0 Å². The fraction of sp³-hybridized carbons (Fsp3) is 0. The second-order valence-corrected chi connectivity index (χ2v) is 1.23. The van der Waals surface area contributed by atoms with Crippen molar-refractivity contribution in [1.82, 2.24) is 15.1 Å². The van der Waals surface area contributed by atoms with Crippen LogP contribution in [0.25, 0.3) is 0 Å². The normalized spacial score (nSPS) is 8.14. The van der Waals surface area contributed by atoms with Crippen LogP contribution < -0.4 is 20.9 Å². The van der Waals surface area contributed by atoms with Gasteiger partial charge in [-0.25, -0.2) is 0 Å². The van der Waals surface area contributed by atoms with Crippen molar-refractivity contribution in [1.29, 1.82) is 0 Å². The van der Waals surface area contributed by atoms with Gasteiger partial charge in [0.25, 0.3) is 0 Å². The molecule has 0 aromatic heterocycles. The number of amides is 1. The van der Waals surface area contributed by atoms with E-state index in [1.165, 1.54) is 0 Å². The molecule has 7 heavy (non-hydrogen) atoms. The van der Waals surface area contributed by atoms with Gasteiger partial charge in [0.2, 0.25) is 6.41 Å². The van der Waals surface area contributed by atoms with E-state index in [0.29, 0.717) is 6.41 Å². The average molecular weight is 122 g/mol. The van der Waals surface area contributed by atoms with Crippen LogP contribution in [0, 0.1) is 0 Å². The molecule has 1 amide bonds. The number of rotatable bonds is 4. The molecule has 0 unspecified atom stereocenters. The summed E-state index contributed by atoms with van der Waals surface area (Å²) in [5.74, 6) is 4.76. The third-order valence-corrected chi connectivity index (χ3v) is 0.566. The van der Waals surface area contributed by atoms with E-state index >= 15 is 0 Å². The van der Waals surface area contributed by atoms with Crippen molar-refractivity contribution in [3.8, 4) is 0 Å². The van der Waals surface area contributed by atoms with Gasteiger partial charge in [0.1, 0.15) is 0 Å². The highest BCUT2D eigenvalue weighted by atomic mass is 32.2. The van der Waals surface area contributed by atoms with Crippen molar-refractivity contribution in [2.45, 2.75) is 0 Å². The summed E-state index contributed by atoms with van der Waals surface area (Å²) < 4.78 is 0. The van der Waals surface area contributed by atoms with Gasteiger partial charge in [-0.1, -0.05) is 0 Å². The number of hydrazine groups is 2. The summed E-state index contributed by atoms with van der Waals surface area (Å²) in [4.78, 5) is 14.0. The quantitative estimate of drug-likeness (QED) is 0.117. The Morgan fingerprint density at radius 3 is 2.86 bits per heavy atom. The minimum atomic E-state index is 0.504. The van der Waals surface area contributed by atoms with E-state index in [1.807, 2.05) is 0 Å². The lowest BCUT2D eigenvalue weighted by molar-refractivity contribution is -0.109. The van der Waals surface area contributed by atoms with E-state index in [1.54, 1.807) is 0 Å². The van der Waals surface area contributed by atoms with Crippen LogP contribution >= 0.6 is 12.1 Å². The van der Waals surface area contributed by atoms with Gasteiger partial charge in [-0.3, -0.25) is 16.1 Å². The minimum absolute atomic E-state index is 0.504. The van der Waals surface area contributed by atoms with E-state index in [0.717, 1.165) is 12.1 Å². The second kappa shape index (κ2) is 5.70. The van der Waals surface area contributed by atoms with Crippen molar-refractivity contribution in [3.05, 3.63) is 0 Å². The summed E-state index contributed by atoms with van der Waals surface area (Å²) in [6, 6.07) is 0. The number of nitrogens with one attached hydrogen (secondary N) is 3. The van der Waals surface area contributed by atoms with E-state index in [9.17, 15) is 4.79 Å². The SMILES string of the molecule is NNSNNC=O. The van der Waals surface area contributed by atoms with Gasteiger partial charge in [0, 0.05) is 12.1 Å². The van der Waals surface area contributed by atoms with Crippen molar-refractivity contribution in [3.63, 3.8) is 0 Å². The molecule has 0 spiro atoms. The molecule has 0 heterocycles. The molecule has 6 heteroatoms. The molecular formula is CH6N4OS. The number of hydrogen-bond donors (Lipinski definition) is 4. The van der Waals surface area contributed by atoms with Gasteiger partial charge in [0.05, 0.1) is 0 Å². The summed E-state index contributed by atoms with van der Waals surface area (Å²) >= 11 is 0.968. The molecule has 0 aromatic carbocycles. The number of carbonyl (C=O) groups excluding carboxylic acids is 1. The lowest BCUT2D eigenvalue weighted by atomic mass is 11.4. The number of hydrogen-bond acceptors (Lipinski definition) is 5. The van der Waals surface area contributed by atoms with Crippen LogP contribution in [-0.4, -0.2) is 6.41 Å². The first kappa shape index (κ1) is 6.70. The van der Waals surface area contributed by atoms with Crippen molar-refractivity contribution < 1.29 is 4.79 Å². The Labute approximate surface area is 45.2 Å². The molecule has 0 aliphatic rings. The highest BCUT2D eigenvalue weighted by molar-refractivity contribution is 7.95. The van der Waals surface area contributed by atoms with Crippen molar-refractivity contribution in [2.24, 2.45) is 5.84 Å². The van der Waals surface area contributed by atoms with Gasteiger partial charge in [-0.2, -0.15) is 9.66 Å². The van der Waals surface area contributed by atoms with Crippen LogP contribution in [0.3, 0.4) is 0 Å². The van der Waals surface area contributed by atoms with Crippen LogP contribution in [0.2, 0.25) is 0 Å². The lowest BCUT2D eigenvalue weighted by Gasteiger charge is -1.94. The molecule has 0 saturated heterocycles. The predicted octanol–water partition coefficient (Wildman–Crippen LogP) is -1.74. The third kappa shape index (κ3) is 5.70. The Morgan fingerprint density at radius 2 is 2.43 bits per heavy atom. The topological polar surface area (TPSA) is 79.2 Å². The summed E-state index contributed by atoms with van der Waals surface area (Å²) in [5.41, 5.74) is 2.14.